The molecule has 1 fully saturated rings. The highest BCUT2D eigenvalue weighted by molar-refractivity contribution is 5.77. The highest BCUT2D eigenvalue weighted by atomic mass is 16.6. The fourth-order valence-electron chi connectivity index (χ4n) is 2.02. The van der Waals surface area contributed by atoms with Crippen LogP contribution in [0.15, 0.2) is 0 Å². The van der Waals surface area contributed by atoms with Gasteiger partial charge in [-0.1, -0.05) is 19.3 Å². The summed E-state index contributed by atoms with van der Waals surface area (Å²) in [5.41, 5.74) is 0. The normalized spacial score (nSPS) is 23.7. The van der Waals surface area contributed by atoms with Crippen LogP contribution in [0.1, 0.15) is 57.8 Å². The zero-order valence-corrected chi connectivity index (χ0v) is 11.8. The molecule has 0 radical (unpaired) electrons. The third-order valence-corrected chi connectivity index (χ3v) is 3.27. The lowest BCUT2D eigenvalue weighted by atomic mass is 10.0. The second kappa shape index (κ2) is 8.92. The molecular formula is C14H24O6. The molecule has 116 valence electrons. The molecule has 20 heavy (non-hydrogen) atoms. The Morgan fingerprint density at radius 3 is 2.15 bits per heavy atom. The number of ether oxygens (including phenoxy) is 2. The summed E-state index contributed by atoms with van der Waals surface area (Å²) in [6.45, 7) is 0.402. The number of hydrogen-bond acceptors (Lipinski definition) is 6. The number of hydrogen-bond donors (Lipinski definition) is 2. The van der Waals surface area contributed by atoms with E-state index in [-0.39, 0.29) is 19.0 Å². The summed E-state index contributed by atoms with van der Waals surface area (Å²) < 4.78 is 9.84. The van der Waals surface area contributed by atoms with Crippen molar-refractivity contribution in [3.63, 3.8) is 0 Å². The largest absolute Gasteiger partial charge is 0.466 e. The van der Waals surface area contributed by atoms with Crippen molar-refractivity contribution in [3.05, 3.63) is 0 Å². The van der Waals surface area contributed by atoms with Gasteiger partial charge in [0.1, 0.15) is 0 Å². The molecule has 1 aliphatic heterocycles. The van der Waals surface area contributed by atoms with E-state index in [9.17, 15) is 19.8 Å². The summed E-state index contributed by atoms with van der Waals surface area (Å²) in [6, 6.07) is 0. The first kappa shape index (κ1) is 16.9. The van der Waals surface area contributed by atoms with Gasteiger partial charge in [-0.3, -0.25) is 4.79 Å². The van der Waals surface area contributed by atoms with Gasteiger partial charge in [-0.15, -0.1) is 0 Å². The number of cyclic esters (lactones) is 2. The van der Waals surface area contributed by atoms with Crippen LogP contribution >= 0.6 is 0 Å². The summed E-state index contributed by atoms with van der Waals surface area (Å²) in [6.07, 6.45) is 5.40. The van der Waals surface area contributed by atoms with E-state index in [1.165, 1.54) is 0 Å². The maximum atomic E-state index is 11.5. The average molecular weight is 288 g/mol. The van der Waals surface area contributed by atoms with Gasteiger partial charge in [0.25, 0.3) is 5.79 Å². The van der Waals surface area contributed by atoms with Crippen LogP contribution in [0.2, 0.25) is 0 Å². The summed E-state index contributed by atoms with van der Waals surface area (Å²) >= 11 is 0. The van der Waals surface area contributed by atoms with E-state index in [2.05, 4.69) is 0 Å². The van der Waals surface area contributed by atoms with Crippen LogP contribution in [0.3, 0.4) is 0 Å². The Kier molecular flexibility index (Phi) is 7.54. The van der Waals surface area contributed by atoms with Gasteiger partial charge >= 0.3 is 11.9 Å². The zero-order chi connectivity index (χ0) is 14.8. The number of carbonyl (C=O) groups is 2. The monoisotopic (exact) mass is 288 g/mol. The van der Waals surface area contributed by atoms with Crippen molar-refractivity contribution in [2.24, 2.45) is 0 Å². The number of aliphatic hydroxyl groups is 2. The van der Waals surface area contributed by atoms with Gasteiger partial charge in [-0.05, 0) is 25.7 Å². The molecule has 2 N–H and O–H groups in total. The van der Waals surface area contributed by atoms with Crippen molar-refractivity contribution in [3.8, 4) is 0 Å². The van der Waals surface area contributed by atoms with Crippen LogP contribution in [0.4, 0.5) is 0 Å². The van der Waals surface area contributed by atoms with E-state index in [1.54, 1.807) is 0 Å². The Bertz CT molecular complexity index is 313. The maximum Gasteiger partial charge on any atom is 0.366 e. The minimum atomic E-state index is -2.39. The molecule has 0 aromatic heterocycles. The van der Waals surface area contributed by atoms with E-state index < -0.39 is 11.8 Å². The molecule has 0 atom stereocenters. The van der Waals surface area contributed by atoms with Crippen LogP contribution in [0.5, 0.6) is 0 Å². The molecule has 0 unspecified atom stereocenters. The van der Waals surface area contributed by atoms with Crippen molar-refractivity contribution in [2.45, 2.75) is 63.6 Å². The topological polar surface area (TPSA) is 93.1 Å². The van der Waals surface area contributed by atoms with E-state index >= 15 is 0 Å². The van der Waals surface area contributed by atoms with Gasteiger partial charge in [-0.25, -0.2) is 4.79 Å². The predicted octanol–water partition coefficient (Wildman–Crippen LogP) is 1.28. The van der Waals surface area contributed by atoms with Crippen LogP contribution in [0, 0.1) is 0 Å². The van der Waals surface area contributed by atoms with Crippen molar-refractivity contribution < 1.29 is 29.3 Å². The molecule has 1 heterocycles. The molecular weight excluding hydrogens is 264 g/mol. The summed E-state index contributed by atoms with van der Waals surface area (Å²) in [4.78, 5) is 22.8. The third kappa shape index (κ3) is 6.86. The lowest BCUT2D eigenvalue weighted by molar-refractivity contribution is -0.212. The quantitative estimate of drug-likeness (QED) is 0.515. The molecule has 0 aromatic rings. The lowest BCUT2D eigenvalue weighted by Gasteiger charge is -2.19. The van der Waals surface area contributed by atoms with E-state index in [0.717, 1.165) is 25.7 Å². The standard InChI is InChI=1S/C14H24O6/c15-12-8-4-2-1-3-5-9-14(17,18)13(16)20-11-7-6-10-19-12/h17-18H,1-11H2. The fraction of sp³-hybridized carbons (Fsp3) is 0.857. The molecule has 0 aliphatic carbocycles. The Labute approximate surface area is 119 Å². The van der Waals surface area contributed by atoms with Gasteiger partial charge in [0.15, 0.2) is 0 Å². The molecule has 1 aliphatic rings. The van der Waals surface area contributed by atoms with Crippen LogP contribution in [-0.4, -0.2) is 41.2 Å². The van der Waals surface area contributed by atoms with Gasteiger partial charge in [0, 0.05) is 12.8 Å². The molecule has 0 saturated carbocycles. The van der Waals surface area contributed by atoms with Crippen LogP contribution in [0.25, 0.3) is 0 Å². The fourth-order valence-corrected chi connectivity index (χ4v) is 2.02. The van der Waals surface area contributed by atoms with Gasteiger partial charge in [-0.2, -0.15) is 0 Å². The van der Waals surface area contributed by atoms with Crippen LogP contribution < -0.4 is 0 Å². The molecule has 1 saturated heterocycles. The lowest BCUT2D eigenvalue weighted by Crippen LogP contribution is -2.40. The predicted molar refractivity (Wildman–Crippen MR) is 70.6 cm³/mol. The van der Waals surface area contributed by atoms with Crippen molar-refractivity contribution in [1.29, 1.82) is 0 Å². The number of rotatable bonds is 0. The molecule has 0 amide bonds. The minimum Gasteiger partial charge on any atom is -0.466 e. The zero-order valence-electron chi connectivity index (χ0n) is 11.8. The smallest absolute Gasteiger partial charge is 0.366 e. The third-order valence-electron chi connectivity index (χ3n) is 3.27. The summed E-state index contributed by atoms with van der Waals surface area (Å²) in [7, 11) is 0. The second-order valence-corrected chi connectivity index (χ2v) is 5.15. The summed E-state index contributed by atoms with van der Waals surface area (Å²) in [5.74, 6) is -3.57. The van der Waals surface area contributed by atoms with Gasteiger partial charge in [0.2, 0.25) is 0 Å². The molecule has 0 bridgehead atoms. The van der Waals surface area contributed by atoms with Crippen molar-refractivity contribution >= 4 is 11.9 Å². The first-order valence-electron chi connectivity index (χ1n) is 7.30. The molecule has 1 rings (SSSR count). The Morgan fingerprint density at radius 2 is 1.40 bits per heavy atom. The second-order valence-electron chi connectivity index (χ2n) is 5.15. The average Bonchev–Trinajstić information content (AvgIpc) is 2.40. The van der Waals surface area contributed by atoms with E-state index in [4.69, 9.17) is 9.47 Å². The van der Waals surface area contributed by atoms with Crippen molar-refractivity contribution in [1.82, 2.24) is 0 Å². The highest BCUT2D eigenvalue weighted by Gasteiger charge is 2.34. The Morgan fingerprint density at radius 1 is 0.800 bits per heavy atom. The minimum absolute atomic E-state index is 0.0200. The van der Waals surface area contributed by atoms with Gasteiger partial charge in [0.05, 0.1) is 13.2 Å². The Hall–Kier alpha value is -1.14. The van der Waals surface area contributed by atoms with Crippen molar-refractivity contribution in [2.75, 3.05) is 13.2 Å². The Balaban J connectivity index is 2.40. The van der Waals surface area contributed by atoms with Crippen LogP contribution in [-0.2, 0) is 19.1 Å². The first-order valence-corrected chi connectivity index (χ1v) is 7.30. The molecule has 6 heteroatoms. The molecule has 0 spiro atoms. The molecule has 0 aromatic carbocycles. The molecule has 6 nitrogen and oxygen atoms in total. The number of carbonyl (C=O) groups excluding carboxylic acids is 2. The highest BCUT2D eigenvalue weighted by Crippen LogP contribution is 2.16. The SMILES string of the molecule is O=C1CCCCCCCC(O)(O)C(=O)OCCCCO1. The summed E-state index contributed by atoms with van der Waals surface area (Å²) in [5, 5.41) is 19.2. The maximum absolute atomic E-state index is 11.5. The van der Waals surface area contributed by atoms with E-state index in [1.807, 2.05) is 0 Å². The van der Waals surface area contributed by atoms with Gasteiger partial charge < -0.3 is 19.7 Å². The van der Waals surface area contributed by atoms with E-state index in [0.29, 0.717) is 32.3 Å². The number of esters is 2. The first-order chi connectivity index (χ1) is 9.52.